The lowest BCUT2D eigenvalue weighted by Gasteiger charge is -2.12. The predicted octanol–water partition coefficient (Wildman–Crippen LogP) is 3.85. The molecular weight excluding hydrogens is 489 g/mol. The molecule has 2 aromatic heterocycles. The van der Waals surface area contributed by atoms with Crippen molar-refractivity contribution in [3.8, 4) is 0 Å². The minimum Gasteiger partial charge on any atom is -0.357 e. The van der Waals surface area contributed by atoms with Crippen molar-refractivity contribution < 1.29 is 0 Å². The fourth-order valence-corrected chi connectivity index (χ4v) is 3.37. The van der Waals surface area contributed by atoms with Gasteiger partial charge in [0.25, 0.3) is 0 Å². The highest BCUT2D eigenvalue weighted by molar-refractivity contribution is 14.0. The Balaban J connectivity index is 0.00000320. The highest BCUT2D eigenvalue weighted by Gasteiger charge is 2.01. The molecule has 3 rings (SSSR count). The van der Waals surface area contributed by atoms with Gasteiger partial charge >= 0.3 is 0 Å². The van der Waals surface area contributed by atoms with Gasteiger partial charge in [0.2, 0.25) is 5.56 Å². The van der Waals surface area contributed by atoms with Crippen molar-refractivity contribution in [1.29, 1.82) is 0 Å². The van der Waals surface area contributed by atoms with E-state index in [1.807, 2.05) is 12.3 Å². The van der Waals surface area contributed by atoms with Gasteiger partial charge in [0.15, 0.2) is 5.96 Å². The Labute approximate surface area is 195 Å². The van der Waals surface area contributed by atoms with Crippen LogP contribution in [0.2, 0.25) is 0 Å². The minimum absolute atomic E-state index is 0. The molecule has 1 aromatic carbocycles. The van der Waals surface area contributed by atoms with E-state index in [1.165, 1.54) is 10.9 Å². The quantitative estimate of drug-likeness (QED) is 0.185. The molecule has 0 aliphatic heterocycles. The number of fused-ring (bicyclic) bond motifs is 1. The molecule has 3 aromatic rings. The van der Waals surface area contributed by atoms with Crippen molar-refractivity contribution in [3.63, 3.8) is 0 Å². The van der Waals surface area contributed by atoms with Gasteiger partial charge in [0.1, 0.15) is 0 Å². The summed E-state index contributed by atoms with van der Waals surface area (Å²) in [6.45, 7) is 6.25. The zero-order valence-corrected chi connectivity index (χ0v) is 19.9. The molecule has 0 amide bonds. The van der Waals surface area contributed by atoms with Gasteiger partial charge in [-0.1, -0.05) is 24.3 Å². The first-order valence-electron chi connectivity index (χ1n) is 10.5. The monoisotopic (exact) mass is 521 g/mol. The van der Waals surface area contributed by atoms with Crippen molar-refractivity contribution in [2.24, 2.45) is 4.99 Å². The minimum atomic E-state index is 0. The molecule has 2 heterocycles. The number of hydrogen-bond acceptors (Lipinski definition) is 2. The van der Waals surface area contributed by atoms with E-state index in [0.29, 0.717) is 0 Å². The van der Waals surface area contributed by atoms with Crippen molar-refractivity contribution in [1.82, 2.24) is 19.8 Å². The molecule has 0 saturated heterocycles. The van der Waals surface area contributed by atoms with Crippen LogP contribution < -0.4 is 16.2 Å². The number of aliphatic imine (C=N–C) groups is 1. The van der Waals surface area contributed by atoms with Crippen LogP contribution in [0.1, 0.15) is 26.2 Å². The summed E-state index contributed by atoms with van der Waals surface area (Å²) < 4.78 is 4.04. The van der Waals surface area contributed by atoms with Gasteiger partial charge in [-0.2, -0.15) is 0 Å². The van der Waals surface area contributed by atoms with Crippen LogP contribution in [0.15, 0.2) is 70.7 Å². The smallest absolute Gasteiger partial charge is 0.250 e. The summed E-state index contributed by atoms with van der Waals surface area (Å²) in [4.78, 5) is 16.4. The summed E-state index contributed by atoms with van der Waals surface area (Å²) in [5, 5.41) is 7.97. The van der Waals surface area contributed by atoms with Gasteiger partial charge in [-0.05, 0) is 49.8 Å². The molecule has 2 N–H and O–H groups in total. The number of halogens is 1. The lowest BCUT2D eigenvalue weighted by molar-refractivity contribution is 0.585. The zero-order chi connectivity index (χ0) is 20.3. The highest BCUT2D eigenvalue weighted by atomic mass is 127. The summed E-state index contributed by atoms with van der Waals surface area (Å²) >= 11 is 0. The van der Waals surface area contributed by atoms with E-state index in [1.54, 1.807) is 16.7 Å². The van der Waals surface area contributed by atoms with Crippen molar-refractivity contribution in [2.75, 3.05) is 19.6 Å². The normalized spacial score (nSPS) is 11.3. The van der Waals surface area contributed by atoms with E-state index in [2.05, 4.69) is 63.6 Å². The second kappa shape index (κ2) is 13.1. The zero-order valence-electron chi connectivity index (χ0n) is 17.6. The summed E-state index contributed by atoms with van der Waals surface area (Å²) in [6, 6.07) is 15.9. The van der Waals surface area contributed by atoms with Crippen molar-refractivity contribution >= 4 is 40.8 Å². The molecule has 0 radical (unpaired) electrons. The second-order valence-electron chi connectivity index (χ2n) is 7.05. The Hall–Kier alpha value is -2.29. The van der Waals surface area contributed by atoms with E-state index in [9.17, 15) is 4.79 Å². The summed E-state index contributed by atoms with van der Waals surface area (Å²) in [7, 11) is 0. The maximum atomic E-state index is 11.7. The van der Waals surface area contributed by atoms with Gasteiger partial charge in [0.05, 0.1) is 0 Å². The van der Waals surface area contributed by atoms with Crippen LogP contribution in [0.5, 0.6) is 0 Å². The van der Waals surface area contributed by atoms with E-state index in [-0.39, 0.29) is 29.5 Å². The molecule has 0 bridgehead atoms. The van der Waals surface area contributed by atoms with E-state index in [0.717, 1.165) is 57.9 Å². The lowest BCUT2D eigenvalue weighted by Crippen LogP contribution is -2.38. The molecule has 0 saturated carbocycles. The van der Waals surface area contributed by atoms with Crippen LogP contribution in [0.4, 0.5) is 0 Å². The number of pyridine rings is 1. The van der Waals surface area contributed by atoms with Gasteiger partial charge in [-0.3, -0.25) is 9.79 Å². The van der Waals surface area contributed by atoms with E-state index in [4.69, 9.17) is 0 Å². The highest BCUT2D eigenvalue weighted by Crippen LogP contribution is 2.15. The number of aryl methyl sites for hydroxylation is 2. The third kappa shape index (κ3) is 7.19. The number of hydrogen-bond donors (Lipinski definition) is 2. The van der Waals surface area contributed by atoms with Gasteiger partial charge in [-0.25, -0.2) is 0 Å². The average Bonchev–Trinajstić information content (AvgIpc) is 3.15. The molecule has 0 aliphatic rings. The molecule has 0 spiro atoms. The number of rotatable bonds is 10. The standard InChI is InChI=1S/C23H31N5O.HI/c1-2-24-23(25-14-6-8-17-28-16-7-5-12-22(28)29)26-15-9-18-27-19-13-20-10-3-4-11-21(20)27;/h3-5,7,10-13,16,19H,2,6,8-9,14-15,17-18H2,1H3,(H2,24,25,26);1H. The maximum Gasteiger partial charge on any atom is 0.250 e. The predicted molar refractivity (Wildman–Crippen MR) is 136 cm³/mol. The Bertz CT molecular complexity index is 979. The molecule has 7 heteroatoms. The van der Waals surface area contributed by atoms with Gasteiger partial charge in [-0.15, -0.1) is 24.0 Å². The molecule has 0 unspecified atom stereocenters. The number of para-hydroxylation sites is 1. The van der Waals surface area contributed by atoms with Gasteiger partial charge < -0.3 is 19.8 Å². The lowest BCUT2D eigenvalue weighted by atomic mass is 10.2. The number of guanidine groups is 1. The first kappa shape index (κ1) is 24.0. The van der Waals surface area contributed by atoms with E-state index < -0.39 is 0 Å². The van der Waals surface area contributed by atoms with Crippen LogP contribution in [-0.2, 0) is 13.1 Å². The molecule has 0 atom stereocenters. The maximum absolute atomic E-state index is 11.7. The molecule has 30 heavy (non-hydrogen) atoms. The Morgan fingerprint density at radius 1 is 0.900 bits per heavy atom. The summed E-state index contributed by atoms with van der Waals surface area (Å²) in [6.07, 6.45) is 6.93. The number of nitrogens with one attached hydrogen (secondary N) is 2. The summed E-state index contributed by atoms with van der Waals surface area (Å²) in [5.41, 5.74) is 1.34. The van der Waals surface area contributed by atoms with Crippen molar-refractivity contribution in [3.05, 3.63) is 71.3 Å². The first-order chi connectivity index (χ1) is 14.3. The summed E-state index contributed by atoms with van der Waals surface area (Å²) in [5.74, 6) is 0.863. The van der Waals surface area contributed by atoms with Crippen LogP contribution in [0.3, 0.4) is 0 Å². The van der Waals surface area contributed by atoms with Crippen LogP contribution >= 0.6 is 24.0 Å². The Morgan fingerprint density at radius 2 is 1.70 bits per heavy atom. The number of benzene rings is 1. The molecular formula is C23H32IN5O. The van der Waals surface area contributed by atoms with Crippen LogP contribution in [-0.4, -0.2) is 34.7 Å². The van der Waals surface area contributed by atoms with Gasteiger partial charge in [0, 0.05) is 56.7 Å². The molecule has 6 nitrogen and oxygen atoms in total. The number of nitrogens with zero attached hydrogens (tertiary/aromatic N) is 3. The molecule has 0 fully saturated rings. The SMILES string of the molecule is CCNC(=NCCCn1ccc2ccccc21)NCCCCn1ccccc1=O.I. The third-order valence-electron chi connectivity index (χ3n) is 4.87. The molecule has 0 aliphatic carbocycles. The fraction of sp³-hybridized carbons (Fsp3) is 0.391. The second-order valence-corrected chi connectivity index (χ2v) is 7.05. The number of unbranched alkanes of at least 4 members (excludes halogenated alkanes) is 1. The topological polar surface area (TPSA) is 63.4 Å². The average molecular weight is 521 g/mol. The van der Waals surface area contributed by atoms with Crippen molar-refractivity contribution in [2.45, 2.75) is 39.3 Å². The fourth-order valence-electron chi connectivity index (χ4n) is 3.37. The Morgan fingerprint density at radius 3 is 2.53 bits per heavy atom. The molecule has 162 valence electrons. The van der Waals surface area contributed by atoms with Crippen LogP contribution in [0, 0.1) is 0 Å². The van der Waals surface area contributed by atoms with Crippen LogP contribution in [0.25, 0.3) is 10.9 Å². The largest absolute Gasteiger partial charge is 0.357 e. The van der Waals surface area contributed by atoms with E-state index >= 15 is 0 Å². The first-order valence-corrected chi connectivity index (χ1v) is 10.5. The Kier molecular flexibility index (Phi) is 10.5. The number of aromatic nitrogens is 2. The third-order valence-corrected chi connectivity index (χ3v) is 4.87.